The van der Waals surface area contributed by atoms with Crippen molar-refractivity contribution in [3.63, 3.8) is 0 Å². The molecule has 170 valence electrons. The molecule has 5 nitrogen and oxygen atoms in total. The van der Waals surface area contributed by atoms with Crippen molar-refractivity contribution in [2.75, 3.05) is 39.9 Å². The summed E-state index contributed by atoms with van der Waals surface area (Å²) in [5.74, 6) is 1.44. The van der Waals surface area contributed by atoms with Crippen molar-refractivity contribution in [3.8, 4) is 0 Å². The highest BCUT2D eigenvalue weighted by Gasteiger charge is 2.24. The van der Waals surface area contributed by atoms with E-state index in [0.717, 1.165) is 69.5 Å². The van der Waals surface area contributed by atoms with E-state index >= 15 is 0 Å². The molecule has 7 heteroatoms. The monoisotopic (exact) mass is 549 g/mol. The van der Waals surface area contributed by atoms with Crippen molar-refractivity contribution in [2.24, 2.45) is 4.99 Å². The van der Waals surface area contributed by atoms with Gasteiger partial charge in [-0.1, -0.05) is 30.7 Å². The number of hydrogen-bond donors (Lipinski definition) is 1. The van der Waals surface area contributed by atoms with Crippen LogP contribution in [-0.2, 0) is 9.47 Å². The molecule has 0 bridgehead atoms. The highest BCUT2D eigenvalue weighted by molar-refractivity contribution is 14.0. The standard InChI is InChI=1S/C23H36ClN3O2.HI/c1-3-18(19-7-9-20(24)10-8-19)16-26-23(25-2)27-13-11-21(12-14-27)29-17-22-6-4-5-15-28-22;/h7-10,18,21-22H,3-6,11-17H2,1-2H3,(H,25,26);1H. The number of likely N-dealkylation sites (tertiary alicyclic amines) is 1. The summed E-state index contributed by atoms with van der Waals surface area (Å²) in [5.41, 5.74) is 1.32. The Balaban J connectivity index is 0.00000320. The van der Waals surface area contributed by atoms with Gasteiger partial charge in [0.1, 0.15) is 0 Å². The molecule has 1 aromatic carbocycles. The third-order valence-corrected chi connectivity index (χ3v) is 6.34. The van der Waals surface area contributed by atoms with Gasteiger partial charge in [0.15, 0.2) is 5.96 Å². The molecule has 1 aromatic rings. The van der Waals surface area contributed by atoms with Crippen LogP contribution >= 0.6 is 35.6 Å². The van der Waals surface area contributed by atoms with E-state index in [1.54, 1.807) is 0 Å². The number of guanidine groups is 1. The van der Waals surface area contributed by atoms with E-state index in [0.29, 0.717) is 18.1 Å². The first-order valence-electron chi connectivity index (χ1n) is 11.1. The average molecular weight is 550 g/mol. The van der Waals surface area contributed by atoms with Crippen molar-refractivity contribution >= 4 is 41.5 Å². The molecule has 1 N–H and O–H groups in total. The summed E-state index contributed by atoms with van der Waals surface area (Å²) in [6, 6.07) is 8.19. The van der Waals surface area contributed by atoms with Crippen LogP contribution in [0.25, 0.3) is 0 Å². The molecule has 2 atom stereocenters. The Labute approximate surface area is 204 Å². The van der Waals surface area contributed by atoms with Crippen LogP contribution in [0.15, 0.2) is 29.3 Å². The first kappa shape index (κ1) is 25.7. The van der Waals surface area contributed by atoms with Gasteiger partial charge < -0.3 is 19.7 Å². The van der Waals surface area contributed by atoms with Gasteiger partial charge in [-0.05, 0) is 56.2 Å². The number of halogens is 2. The lowest BCUT2D eigenvalue weighted by Gasteiger charge is -2.35. The van der Waals surface area contributed by atoms with Crippen LogP contribution in [0, 0.1) is 0 Å². The predicted molar refractivity (Wildman–Crippen MR) is 135 cm³/mol. The third-order valence-electron chi connectivity index (χ3n) is 6.09. The lowest BCUT2D eigenvalue weighted by molar-refractivity contribution is -0.0721. The maximum absolute atomic E-state index is 6.14. The molecule has 0 aliphatic carbocycles. The van der Waals surface area contributed by atoms with E-state index in [-0.39, 0.29) is 24.0 Å². The van der Waals surface area contributed by atoms with E-state index in [9.17, 15) is 0 Å². The molecule has 2 aliphatic rings. The van der Waals surface area contributed by atoms with Gasteiger partial charge in [-0.3, -0.25) is 4.99 Å². The molecule has 3 rings (SSSR count). The van der Waals surface area contributed by atoms with E-state index in [1.807, 2.05) is 19.2 Å². The molecule has 0 aromatic heterocycles. The lowest BCUT2D eigenvalue weighted by Crippen LogP contribution is -2.48. The molecular weight excluding hydrogens is 513 g/mol. The van der Waals surface area contributed by atoms with Crippen molar-refractivity contribution in [3.05, 3.63) is 34.9 Å². The molecule has 0 amide bonds. The third kappa shape index (κ3) is 7.84. The van der Waals surface area contributed by atoms with Crippen LogP contribution in [0.3, 0.4) is 0 Å². The van der Waals surface area contributed by atoms with Gasteiger partial charge in [-0.15, -0.1) is 24.0 Å². The molecular formula is C23H37ClIN3O2. The SMILES string of the molecule is CCC(CNC(=NC)N1CCC(OCC2CCCCO2)CC1)c1ccc(Cl)cc1.I. The number of hydrogen-bond acceptors (Lipinski definition) is 3. The summed E-state index contributed by atoms with van der Waals surface area (Å²) in [6.07, 6.45) is 7.40. The second-order valence-corrected chi connectivity index (χ2v) is 8.53. The van der Waals surface area contributed by atoms with Crippen molar-refractivity contribution in [1.82, 2.24) is 10.2 Å². The molecule has 0 spiro atoms. The Morgan fingerprint density at radius 3 is 2.57 bits per heavy atom. The summed E-state index contributed by atoms with van der Waals surface area (Å²) in [7, 11) is 1.87. The molecule has 2 unspecified atom stereocenters. The normalized spacial score (nSPS) is 21.8. The second kappa shape index (κ2) is 13.8. The number of aliphatic imine (C=N–C) groups is 1. The number of ether oxygens (including phenoxy) is 2. The van der Waals surface area contributed by atoms with Gasteiger partial charge in [0, 0.05) is 44.2 Å². The zero-order valence-electron chi connectivity index (χ0n) is 18.3. The van der Waals surface area contributed by atoms with Crippen LogP contribution in [0.1, 0.15) is 56.9 Å². The largest absolute Gasteiger partial charge is 0.376 e. The number of piperidine rings is 1. The molecule has 0 saturated carbocycles. The molecule has 0 radical (unpaired) electrons. The van der Waals surface area contributed by atoms with Crippen molar-refractivity contribution in [2.45, 2.75) is 63.6 Å². The quantitative estimate of drug-likeness (QED) is 0.293. The smallest absolute Gasteiger partial charge is 0.193 e. The second-order valence-electron chi connectivity index (χ2n) is 8.09. The van der Waals surface area contributed by atoms with Crippen LogP contribution in [0.2, 0.25) is 5.02 Å². The van der Waals surface area contributed by atoms with Gasteiger partial charge in [0.2, 0.25) is 0 Å². The molecule has 2 fully saturated rings. The van der Waals surface area contributed by atoms with E-state index < -0.39 is 0 Å². The number of nitrogens with zero attached hydrogens (tertiary/aromatic N) is 2. The van der Waals surface area contributed by atoms with Crippen LogP contribution in [-0.4, -0.2) is 63.0 Å². The van der Waals surface area contributed by atoms with Crippen molar-refractivity contribution in [1.29, 1.82) is 0 Å². The van der Waals surface area contributed by atoms with Crippen LogP contribution in [0.4, 0.5) is 0 Å². The summed E-state index contributed by atoms with van der Waals surface area (Å²) >= 11 is 6.03. The minimum Gasteiger partial charge on any atom is -0.376 e. The van der Waals surface area contributed by atoms with Gasteiger partial charge in [-0.25, -0.2) is 0 Å². The Kier molecular flexibility index (Phi) is 11.8. The van der Waals surface area contributed by atoms with Crippen LogP contribution < -0.4 is 5.32 Å². The highest BCUT2D eigenvalue weighted by Crippen LogP contribution is 2.21. The van der Waals surface area contributed by atoms with Gasteiger partial charge in [0.25, 0.3) is 0 Å². The first-order valence-corrected chi connectivity index (χ1v) is 11.5. The van der Waals surface area contributed by atoms with E-state index in [1.165, 1.54) is 18.4 Å². The lowest BCUT2D eigenvalue weighted by atomic mass is 9.96. The minimum absolute atomic E-state index is 0. The number of rotatable bonds is 7. The zero-order valence-corrected chi connectivity index (χ0v) is 21.4. The fourth-order valence-corrected chi connectivity index (χ4v) is 4.32. The topological polar surface area (TPSA) is 46.1 Å². The van der Waals surface area contributed by atoms with E-state index in [2.05, 4.69) is 34.3 Å². The summed E-state index contributed by atoms with van der Waals surface area (Å²) in [5, 5.41) is 4.37. The van der Waals surface area contributed by atoms with Gasteiger partial charge >= 0.3 is 0 Å². The first-order chi connectivity index (χ1) is 14.2. The number of benzene rings is 1. The highest BCUT2D eigenvalue weighted by atomic mass is 127. The van der Waals surface area contributed by atoms with E-state index in [4.69, 9.17) is 21.1 Å². The fraction of sp³-hybridized carbons (Fsp3) is 0.696. The molecule has 2 saturated heterocycles. The Bertz CT molecular complexity index is 630. The predicted octanol–water partition coefficient (Wildman–Crippen LogP) is 5.08. The van der Waals surface area contributed by atoms with Gasteiger partial charge in [-0.2, -0.15) is 0 Å². The Morgan fingerprint density at radius 1 is 1.23 bits per heavy atom. The van der Waals surface area contributed by atoms with Gasteiger partial charge in [0.05, 0.1) is 18.8 Å². The summed E-state index contributed by atoms with van der Waals surface area (Å²) < 4.78 is 11.9. The fourth-order valence-electron chi connectivity index (χ4n) is 4.20. The maximum atomic E-state index is 6.14. The minimum atomic E-state index is 0. The molecule has 30 heavy (non-hydrogen) atoms. The number of nitrogens with one attached hydrogen (secondary N) is 1. The van der Waals surface area contributed by atoms with Crippen LogP contribution in [0.5, 0.6) is 0 Å². The summed E-state index contributed by atoms with van der Waals surface area (Å²) in [6.45, 7) is 6.70. The Hall–Kier alpha value is -0.570. The maximum Gasteiger partial charge on any atom is 0.193 e. The average Bonchev–Trinajstić information content (AvgIpc) is 2.77. The Morgan fingerprint density at radius 2 is 1.97 bits per heavy atom. The zero-order chi connectivity index (χ0) is 20.5. The summed E-state index contributed by atoms with van der Waals surface area (Å²) in [4.78, 5) is 6.87. The molecule has 2 heterocycles. The van der Waals surface area contributed by atoms with Crippen molar-refractivity contribution < 1.29 is 9.47 Å². The molecule has 2 aliphatic heterocycles.